The zero-order valence-electron chi connectivity index (χ0n) is 17.8. The number of nitrogens with one attached hydrogen (secondary N) is 1. The van der Waals surface area contributed by atoms with E-state index < -0.39 is 0 Å². The van der Waals surface area contributed by atoms with Gasteiger partial charge in [-0.3, -0.25) is 4.79 Å². The highest BCUT2D eigenvalue weighted by atomic mass is 16.5. The summed E-state index contributed by atoms with van der Waals surface area (Å²) < 4.78 is 5.46. The molecule has 1 fully saturated rings. The number of rotatable bonds is 6. The van der Waals surface area contributed by atoms with Crippen molar-refractivity contribution < 1.29 is 9.53 Å². The quantitative estimate of drug-likeness (QED) is 0.582. The van der Waals surface area contributed by atoms with Crippen molar-refractivity contribution in [1.29, 1.82) is 5.26 Å². The average Bonchev–Trinajstić information content (AvgIpc) is 2.78. The molecule has 1 heterocycles. The Morgan fingerprint density at radius 3 is 2.43 bits per heavy atom. The molecule has 0 aliphatic carbocycles. The Bertz CT molecular complexity index is 954. The van der Waals surface area contributed by atoms with Crippen molar-refractivity contribution >= 4 is 17.3 Å². The summed E-state index contributed by atoms with van der Waals surface area (Å²) >= 11 is 0. The van der Waals surface area contributed by atoms with E-state index in [0.29, 0.717) is 0 Å². The molecule has 1 aliphatic heterocycles. The van der Waals surface area contributed by atoms with Crippen molar-refractivity contribution in [2.45, 2.75) is 19.8 Å². The van der Waals surface area contributed by atoms with Gasteiger partial charge in [-0.2, -0.15) is 5.26 Å². The first-order chi connectivity index (χ1) is 14.5. The van der Waals surface area contributed by atoms with Crippen molar-refractivity contribution in [1.82, 2.24) is 4.90 Å². The van der Waals surface area contributed by atoms with Crippen LogP contribution >= 0.6 is 0 Å². The molecule has 0 atom stereocenters. The topological polar surface area (TPSA) is 68.6 Å². The number of hydrogen-bond donors (Lipinski definition) is 1. The van der Waals surface area contributed by atoms with Gasteiger partial charge < -0.3 is 19.9 Å². The average molecular weight is 405 g/mol. The van der Waals surface area contributed by atoms with Crippen molar-refractivity contribution in [2.75, 3.05) is 43.5 Å². The monoisotopic (exact) mass is 404 g/mol. The maximum Gasteiger partial charge on any atom is 0.267 e. The predicted molar refractivity (Wildman–Crippen MR) is 120 cm³/mol. The molecule has 0 bridgehead atoms. The Hall–Kier alpha value is -3.46. The molecule has 1 aliphatic rings. The molecule has 2 aromatic rings. The summed E-state index contributed by atoms with van der Waals surface area (Å²) in [7, 11) is 1.67. The van der Waals surface area contributed by atoms with Crippen LogP contribution in [0.4, 0.5) is 11.4 Å². The molecule has 0 spiro atoms. The van der Waals surface area contributed by atoms with E-state index in [-0.39, 0.29) is 17.4 Å². The van der Waals surface area contributed by atoms with Crippen LogP contribution in [0.2, 0.25) is 0 Å². The number of carbonyl (C=O) groups is 1. The van der Waals surface area contributed by atoms with Crippen LogP contribution in [0.1, 0.15) is 25.3 Å². The van der Waals surface area contributed by atoms with E-state index in [9.17, 15) is 10.1 Å². The van der Waals surface area contributed by atoms with E-state index in [1.807, 2.05) is 53.4 Å². The zero-order valence-corrected chi connectivity index (χ0v) is 17.8. The number of methoxy groups -OCH3 is 1. The third kappa shape index (κ3) is 4.93. The Labute approximate surface area is 178 Å². The maximum absolute atomic E-state index is 12.7. The molecule has 6 heteroatoms. The number of anilines is 2. The summed E-state index contributed by atoms with van der Waals surface area (Å²) in [6.45, 7) is 7.17. The molecular weight excluding hydrogens is 376 g/mol. The summed E-state index contributed by atoms with van der Waals surface area (Å²) in [4.78, 5) is 17.0. The second-order valence-electron chi connectivity index (χ2n) is 7.55. The number of nitrogens with zero attached hydrogens (tertiary/aromatic N) is 3. The van der Waals surface area contributed by atoms with E-state index in [0.717, 1.165) is 48.9 Å². The van der Waals surface area contributed by atoms with Crippen molar-refractivity contribution in [2.24, 2.45) is 0 Å². The Morgan fingerprint density at radius 2 is 1.77 bits per heavy atom. The van der Waals surface area contributed by atoms with Crippen LogP contribution < -0.4 is 15.0 Å². The van der Waals surface area contributed by atoms with Crippen LogP contribution in [0.5, 0.6) is 5.75 Å². The van der Waals surface area contributed by atoms with Crippen LogP contribution in [0.15, 0.2) is 60.3 Å². The first-order valence-electron chi connectivity index (χ1n) is 10.2. The first-order valence-corrected chi connectivity index (χ1v) is 10.2. The standard InChI is InChI=1S/C24H28N4O2/c1-18(2)20-8-4-5-9-21(20)26-24(29)19(16-25)17-27-12-14-28(15-13-27)22-10-6-7-11-23(22)30-3/h4-11,17-18H,12-15H2,1-3H3,(H,26,29)/b19-17-. The lowest BCUT2D eigenvalue weighted by molar-refractivity contribution is -0.112. The molecule has 1 saturated heterocycles. The van der Waals surface area contributed by atoms with Crippen LogP contribution in [0, 0.1) is 11.3 Å². The van der Waals surface area contributed by atoms with Gasteiger partial charge in [-0.1, -0.05) is 44.2 Å². The lowest BCUT2D eigenvalue weighted by atomic mass is 10.0. The fourth-order valence-corrected chi connectivity index (χ4v) is 3.61. The molecular formula is C24H28N4O2. The fraction of sp³-hybridized carbons (Fsp3) is 0.333. The second-order valence-corrected chi connectivity index (χ2v) is 7.55. The number of para-hydroxylation sites is 3. The highest BCUT2D eigenvalue weighted by Crippen LogP contribution is 2.28. The normalized spacial score (nSPS) is 14.4. The number of nitriles is 1. The Morgan fingerprint density at radius 1 is 1.10 bits per heavy atom. The van der Waals surface area contributed by atoms with Gasteiger partial charge >= 0.3 is 0 Å². The lowest BCUT2D eigenvalue weighted by Crippen LogP contribution is -2.44. The third-order valence-electron chi connectivity index (χ3n) is 5.25. The second kappa shape index (κ2) is 9.84. The smallest absolute Gasteiger partial charge is 0.267 e. The Balaban J connectivity index is 1.66. The van der Waals surface area contributed by atoms with E-state index in [4.69, 9.17) is 4.74 Å². The van der Waals surface area contributed by atoms with E-state index in [1.165, 1.54) is 0 Å². The van der Waals surface area contributed by atoms with Crippen molar-refractivity contribution in [3.63, 3.8) is 0 Å². The number of hydrogen-bond acceptors (Lipinski definition) is 5. The minimum Gasteiger partial charge on any atom is -0.495 e. The SMILES string of the molecule is COc1ccccc1N1CCN(/C=C(/C#N)C(=O)Nc2ccccc2C(C)C)CC1. The van der Waals surface area contributed by atoms with Gasteiger partial charge in [0.15, 0.2) is 0 Å². The van der Waals surface area contributed by atoms with Gasteiger partial charge in [0.2, 0.25) is 0 Å². The van der Waals surface area contributed by atoms with Crippen LogP contribution in [-0.2, 0) is 4.79 Å². The number of carbonyl (C=O) groups excluding carboxylic acids is 1. The van der Waals surface area contributed by atoms with Gasteiger partial charge in [-0.15, -0.1) is 0 Å². The van der Waals surface area contributed by atoms with Crippen LogP contribution in [-0.4, -0.2) is 44.1 Å². The number of piperazine rings is 1. The summed E-state index contributed by atoms with van der Waals surface area (Å²) in [6.07, 6.45) is 1.67. The van der Waals surface area contributed by atoms with Gasteiger partial charge in [0.25, 0.3) is 5.91 Å². The van der Waals surface area contributed by atoms with Gasteiger partial charge in [-0.25, -0.2) is 0 Å². The molecule has 6 nitrogen and oxygen atoms in total. The molecule has 3 rings (SSSR count). The summed E-state index contributed by atoms with van der Waals surface area (Å²) in [5.74, 6) is 0.749. The van der Waals surface area contributed by atoms with Gasteiger partial charge in [0.1, 0.15) is 17.4 Å². The summed E-state index contributed by atoms with van der Waals surface area (Å²) in [6, 6.07) is 17.7. The molecule has 0 aromatic heterocycles. The summed E-state index contributed by atoms with van der Waals surface area (Å²) in [5.41, 5.74) is 2.97. The van der Waals surface area contributed by atoms with Gasteiger partial charge in [0.05, 0.1) is 12.8 Å². The van der Waals surface area contributed by atoms with Crippen molar-refractivity contribution in [3.8, 4) is 11.8 Å². The highest BCUT2D eigenvalue weighted by molar-refractivity contribution is 6.06. The molecule has 30 heavy (non-hydrogen) atoms. The molecule has 1 N–H and O–H groups in total. The third-order valence-corrected chi connectivity index (χ3v) is 5.25. The minimum absolute atomic E-state index is 0.110. The van der Waals surface area contributed by atoms with Gasteiger partial charge in [-0.05, 0) is 29.7 Å². The molecule has 2 aromatic carbocycles. The molecule has 1 amide bonds. The van der Waals surface area contributed by atoms with Crippen molar-refractivity contribution in [3.05, 3.63) is 65.9 Å². The number of benzene rings is 2. The van der Waals surface area contributed by atoms with Crippen LogP contribution in [0.3, 0.4) is 0 Å². The van der Waals surface area contributed by atoms with E-state index in [1.54, 1.807) is 13.3 Å². The lowest BCUT2D eigenvalue weighted by Gasteiger charge is -2.36. The minimum atomic E-state index is -0.377. The fourth-order valence-electron chi connectivity index (χ4n) is 3.61. The molecule has 0 saturated carbocycles. The van der Waals surface area contributed by atoms with E-state index >= 15 is 0 Å². The molecule has 0 unspecified atom stereocenters. The largest absolute Gasteiger partial charge is 0.495 e. The Kier molecular flexibility index (Phi) is 6.97. The maximum atomic E-state index is 12.7. The molecule has 156 valence electrons. The zero-order chi connectivity index (χ0) is 21.5. The first kappa shape index (κ1) is 21.3. The predicted octanol–water partition coefficient (Wildman–Crippen LogP) is 3.99. The highest BCUT2D eigenvalue weighted by Gasteiger charge is 2.20. The summed E-state index contributed by atoms with van der Waals surface area (Å²) in [5, 5.41) is 12.4. The van der Waals surface area contributed by atoms with Crippen LogP contribution in [0.25, 0.3) is 0 Å². The van der Waals surface area contributed by atoms with E-state index in [2.05, 4.69) is 30.1 Å². The molecule has 0 radical (unpaired) electrons. The number of ether oxygens (including phenoxy) is 1. The van der Waals surface area contributed by atoms with Gasteiger partial charge in [0, 0.05) is 38.1 Å². The number of amides is 1.